The van der Waals surface area contributed by atoms with E-state index < -0.39 is 11.5 Å². The van der Waals surface area contributed by atoms with Crippen molar-refractivity contribution < 1.29 is 24.2 Å². The van der Waals surface area contributed by atoms with Crippen LogP contribution in [0, 0.1) is 40.9 Å². The molecule has 5 nitrogen and oxygen atoms in total. The third-order valence-electron chi connectivity index (χ3n) is 9.12. The highest BCUT2D eigenvalue weighted by Crippen LogP contribution is 2.61. The Bertz CT molecular complexity index is 647. The van der Waals surface area contributed by atoms with Crippen LogP contribution in [0.3, 0.4) is 0 Å². The van der Waals surface area contributed by atoms with Crippen LogP contribution >= 0.6 is 0 Å². The summed E-state index contributed by atoms with van der Waals surface area (Å²) in [4.78, 5) is 25.7. The molecule has 0 aromatic heterocycles. The summed E-state index contributed by atoms with van der Waals surface area (Å²) in [5.41, 5.74) is -1.02. The summed E-state index contributed by atoms with van der Waals surface area (Å²) in [6.45, 7) is 4.71. The number of hydrogen-bond acceptors (Lipinski definition) is 5. The number of carbonyl (C=O) groups excluding carboxylic acids is 2. The van der Waals surface area contributed by atoms with Crippen LogP contribution in [-0.2, 0) is 19.1 Å². The second-order valence-electron chi connectivity index (χ2n) is 10.5. The smallest absolute Gasteiger partial charge is 0.316 e. The second-order valence-corrected chi connectivity index (χ2v) is 10.5. The molecule has 0 spiro atoms. The maximum absolute atomic E-state index is 13.4. The summed E-state index contributed by atoms with van der Waals surface area (Å²) in [6.07, 6.45) is 8.70. The minimum Gasteiger partial charge on any atom is -0.465 e. The molecule has 0 aromatic carbocycles. The maximum atomic E-state index is 13.4. The van der Waals surface area contributed by atoms with Gasteiger partial charge in [-0.05, 0) is 94.3 Å². The van der Waals surface area contributed by atoms with Crippen LogP contribution in [0.2, 0.25) is 0 Å². The zero-order chi connectivity index (χ0) is 20.8. The van der Waals surface area contributed by atoms with Crippen molar-refractivity contribution in [3.05, 3.63) is 0 Å². The van der Waals surface area contributed by atoms with Crippen LogP contribution < -0.4 is 0 Å². The lowest BCUT2D eigenvalue weighted by molar-refractivity contribution is -0.168. The zero-order valence-electron chi connectivity index (χ0n) is 18.3. The Labute approximate surface area is 174 Å². The zero-order valence-corrected chi connectivity index (χ0v) is 18.3. The number of methoxy groups -OCH3 is 1. The van der Waals surface area contributed by atoms with Crippen molar-refractivity contribution in [2.45, 2.75) is 77.2 Å². The minimum atomic E-state index is -0.653. The Balaban J connectivity index is 1.49. The van der Waals surface area contributed by atoms with Gasteiger partial charge in [0.25, 0.3) is 0 Å². The Morgan fingerprint density at radius 1 is 1.07 bits per heavy atom. The molecule has 0 saturated heterocycles. The Morgan fingerprint density at radius 3 is 2.55 bits per heavy atom. The van der Waals surface area contributed by atoms with Gasteiger partial charge < -0.3 is 14.6 Å². The molecule has 1 unspecified atom stereocenters. The van der Waals surface area contributed by atoms with Crippen molar-refractivity contribution in [3.63, 3.8) is 0 Å². The number of rotatable bonds is 4. The Hall–Kier alpha value is -0.940. The monoisotopic (exact) mass is 406 g/mol. The van der Waals surface area contributed by atoms with Crippen LogP contribution in [0.5, 0.6) is 0 Å². The molecule has 164 valence electrons. The third-order valence-corrected chi connectivity index (χ3v) is 9.12. The molecule has 0 heterocycles. The van der Waals surface area contributed by atoms with Crippen LogP contribution in [0.15, 0.2) is 0 Å². The van der Waals surface area contributed by atoms with E-state index in [0.717, 1.165) is 51.4 Å². The first-order chi connectivity index (χ1) is 13.8. The van der Waals surface area contributed by atoms with E-state index in [1.807, 2.05) is 0 Å². The standard InChI is InChI=1S/C24H38O5/c1-4-29-22(26)19-7-8-20-18-6-5-15-13-24(27,14-28-3)12-10-16(15)17(18)9-11-23(20,2)21(19)25/h15-20,27H,4-14H2,1-3H3/t15-,16-,17+,18+,19?,20-,23-,24+/m0/s1. The highest BCUT2D eigenvalue weighted by Gasteiger charge is 2.59. The van der Waals surface area contributed by atoms with E-state index >= 15 is 0 Å². The van der Waals surface area contributed by atoms with Gasteiger partial charge in [0.05, 0.1) is 18.8 Å². The fourth-order valence-electron chi connectivity index (χ4n) is 7.86. The molecular weight excluding hydrogens is 368 g/mol. The van der Waals surface area contributed by atoms with Gasteiger partial charge in [0.2, 0.25) is 0 Å². The van der Waals surface area contributed by atoms with Gasteiger partial charge in [0, 0.05) is 12.5 Å². The van der Waals surface area contributed by atoms with E-state index in [1.165, 1.54) is 0 Å². The summed E-state index contributed by atoms with van der Waals surface area (Å²) in [5, 5.41) is 10.9. The number of ether oxygens (including phenoxy) is 2. The summed E-state index contributed by atoms with van der Waals surface area (Å²) in [7, 11) is 1.67. The molecule has 4 saturated carbocycles. The molecule has 4 aliphatic carbocycles. The summed E-state index contributed by atoms with van der Waals surface area (Å²) >= 11 is 0. The first-order valence-corrected chi connectivity index (χ1v) is 11.7. The van der Waals surface area contributed by atoms with Crippen molar-refractivity contribution in [1.82, 2.24) is 0 Å². The average Bonchev–Trinajstić information content (AvgIpc) is 2.68. The van der Waals surface area contributed by atoms with Gasteiger partial charge in [0.1, 0.15) is 5.92 Å². The SMILES string of the molecule is CCOC(=O)C1CC[C@H]2[C@@H]3CC[C@H]4C[C@@](O)(COC)CC[C@@H]4[C@H]3CC[C@]2(C)C1=O. The number of carbonyl (C=O) groups is 2. The number of esters is 1. The highest BCUT2D eigenvalue weighted by molar-refractivity contribution is 6.02. The topological polar surface area (TPSA) is 72.8 Å². The molecule has 1 N–H and O–H groups in total. The van der Waals surface area contributed by atoms with E-state index in [-0.39, 0.29) is 17.2 Å². The quantitative estimate of drug-likeness (QED) is 0.568. The number of Topliss-reactive ketones (excluding diaryl/α,β-unsaturated/α-hetero) is 1. The van der Waals surface area contributed by atoms with Gasteiger partial charge in [-0.2, -0.15) is 0 Å². The van der Waals surface area contributed by atoms with E-state index in [4.69, 9.17) is 9.47 Å². The molecule has 0 aromatic rings. The predicted molar refractivity (Wildman–Crippen MR) is 109 cm³/mol. The van der Waals surface area contributed by atoms with Crippen LogP contribution in [0.1, 0.15) is 71.6 Å². The Kier molecular flexibility index (Phi) is 5.84. The van der Waals surface area contributed by atoms with Crippen LogP contribution in [0.25, 0.3) is 0 Å². The number of hydrogen-bond donors (Lipinski definition) is 1. The molecular formula is C24H38O5. The Morgan fingerprint density at radius 2 is 1.83 bits per heavy atom. The predicted octanol–water partition coefficient (Wildman–Crippen LogP) is 3.76. The summed E-state index contributed by atoms with van der Waals surface area (Å²) in [5.74, 6) is 2.21. The molecule has 0 aliphatic heterocycles. The lowest BCUT2D eigenvalue weighted by Crippen LogP contribution is -2.57. The lowest BCUT2D eigenvalue weighted by atomic mass is 9.45. The van der Waals surface area contributed by atoms with Gasteiger partial charge in [-0.1, -0.05) is 6.92 Å². The fourth-order valence-corrected chi connectivity index (χ4v) is 7.86. The number of ketones is 1. The lowest BCUT2D eigenvalue weighted by Gasteiger charge is -2.59. The van der Waals surface area contributed by atoms with Crippen molar-refractivity contribution in [1.29, 1.82) is 0 Å². The second kappa shape index (κ2) is 7.96. The molecule has 0 bridgehead atoms. The molecule has 0 radical (unpaired) electrons. The first kappa shape index (κ1) is 21.3. The molecule has 5 heteroatoms. The van der Waals surface area contributed by atoms with E-state index in [1.54, 1.807) is 14.0 Å². The number of aliphatic hydroxyl groups is 1. The van der Waals surface area contributed by atoms with Crippen molar-refractivity contribution in [2.24, 2.45) is 40.9 Å². The molecule has 4 fully saturated rings. The largest absolute Gasteiger partial charge is 0.465 e. The highest BCUT2D eigenvalue weighted by atomic mass is 16.5. The van der Waals surface area contributed by atoms with Gasteiger partial charge in [0.15, 0.2) is 5.78 Å². The van der Waals surface area contributed by atoms with Gasteiger partial charge in [-0.15, -0.1) is 0 Å². The van der Waals surface area contributed by atoms with E-state index in [0.29, 0.717) is 49.2 Å². The van der Waals surface area contributed by atoms with Crippen LogP contribution in [-0.4, -0.2) is 42.8 Å². The van der Waals surface area contributed by atoms with Crippen LogP contribution in [0.4, 0.5) is 0 Å². The van der Waals surface area contributed by atoms with Crippen molar-refractivity contribution >= 4 is 11.8 Å². The number of fused-ring (bicyclic) bond motifs is 5. The molecule has 8 atom stereocenters. The summed E-state index contributed by atoms with van der Waals surface area (Å²) < 4.78 is 10.5. The molecule has 4 aliphatic rings. The first-order valence-electron chi connectivity index (χ1n) is 11.7. The minimum absolute atomic E-state index is 0.144. The summed E-state index contributed by atoms with van der Waals surface area (Å²) in [6, 6.07) is 0. The molecule has 29 heavy (non-hydrogen) atoms. The van der Waals surface area contributed by atoms with Gasteiger partial charge in [-0.25, -0.2) is 0 Å². The third kappa shape index (κ3) is 3.56. The average molecular weight is 407 g/mol. The van der Waals surface area contributed by atoms with Gasteiger partial charge in [-0.3, -0.25) is 9.59 Å². The maximum Gasteiger partial charge on any atom is 0.316 e. The van der Waals surface area contributed by atoms with E-state index in [9.17, 15) is 14.7 Å². The van der Waals surface area contributed by atoms with E-state index in [2.05, 4.69) is 6.92 Å². The fraction of sp³-hybridized carbons (Fsp3) is 0.917. The molecule has 4 rings (SSSR count). The van der Waals surface area contributed by atoms with Crippen molar-refractivity contribution in [3.8, 4) is 0 Å². The molecule has 0 amide bonds. The van der Waals surface area contributed by atoms with Crippen molar-refractivity contribution in [2.75, 3.05) is 20.3 Å². The van der Waals surface area contributed by atoms with Gasteiger partial charge >= 0.3 is 5.97 Å². The normalized spacial score (nSPS) is 47.0.